The van der Waals surface area contributed by atoms with Crippen molar-refractivity contribution in [3.05, 3.63) is 69.8 Å². The highest BCUT2D eigenvalue weighted by atomic mass is 32.1. The SMILES string of the molecule is COc1ccc(C2CCCN2C(=O)CN(Cc2ccco2)Cc2ccc(C)s2)c(OC)c1. The first-order valence-corrected chi connectivity index (χ1v) is 11.7. The lowest BCUT2D eigenvalue weighted by Crippen LogP contribution is -2.39. The van der Waals surface area contributed by atoms with Crippen molar-refractivity contribution < 1.29 is 18.7 Å². The highest BCUT2D eigenvalue weighted by Crippen LogP contribution is 2.38. The summed E-state index contributed by atoms with van der Waals surface area (Å²) in [5.74, 6) is 2.50. The number of carbonyl (C=O) groups excluding carboxylic acids is 1. The molecule has 32 heavy (non-hydrogen) atoms. The standard InChI is InChI=1S/C25H30N2O4S/c1-18-8-10-21(32-18)16-26(15-20-6-5-13-31-20)17-25(28)27-12-4-7-23(27)22-11-9-19(29-2)14-24(22)30-3/h5-6,8-11,13-14,23H,4,7,12,15-17H2,1-3H3. The average Bonchev–Trinajstić information content (AvgIpc) is 3.55. The summed E-state index contributed by atoms with van der Waals surface area (Å²) in [7, 11) is 3.30. The number of nitrogens with zero attached hydrogens (tertiary/aromatic N) is 2. The minimum absolute atomic E-state index is 0.0119. The van der Waals surface area contributed by atoms with Gasteiger partial charge in [0.05, 0.1) is 39.6 Å². The Morgan fingerprint density at radius 3 is 2.75 bits per heavy atom. The molecule has 1 unspecified atom stereocenters. The monoisotopic (exact) mass is 454 g/mol. The maximum Gasteiger partial charge on any atom is 0.237 e. The van der Waals surface area contributed by atoms with Gasteiger partial charge in [0, 0.05) is 34.5 Å². The first-order chi connectivity index (χ1) is 15.6. The Morgan fingerprint density at radius 2 is 2.06 bits per heavy atom. The van der Waals surface area contributed by atoms with E-state index in [9.17, 15) is 4.79 Å². The lowest BCUT2D eigenvalue weighted by atomic mass is 10.0. The van der Waals surface area contributed by atoms with Crippen LogP contribution in [0.4, 0.5) is 0 Å². The number of ether oxygens (including phenoxy) is 2. The number of methoxy groups -OCH3 is 2. The zero-order chi connectivity index (χ0) is 22.5. The molecule has 0 aliphatic carbocycles. The minimum Gasteiger partial charge on any atom is -0.497 e. The van der Waals surface area contributed by atoms with Crippen molar-refractivity contribution in [1.82, 2.24) is 9.80 Å². The fourth-order valence-electron chi connectivity index (χ4n) is 4.35. The van der Waals surface area contributed by atoms with Gasteiger partial charge in [-0.1, -0.05) is 0 Å². The highest BCUT2D eigenvalue weighted by molar-refractivity contribution is 7.11. The maximum atomic E-state index is 13.5. The molecule has 6 nitrogen and oxygen atoms in total. The fraction of sp³-hybridized carbons (Fsp3) is 0.400. The molecule has 4 rings (SSSR count). The van der Waals surface area contributed by atoms with E-state index >= 15 is 0 Å². The second-order valence-electron chi connectivity index (χ2n) is 8.09. The predicted molar refractivity (Wildman–Crippen MR) is 125 cm³/mol. The number of benzene rings is 1. The number of furan rings is 1. The molecule has 0 saturated carbocycles. The zero-order valence-electron chi connectivity index (χ0n) is 18.9. The van der Waals surface area contributed by atoms with E-state index in [1.54, 1.807) is 31.8 Å². The Labute approximate surface area is 193 Å². The molecule has 2 aromatic heterocycles. The van der Waals surface area contributed by atoms with Crippen molar-refractivity contribution in [2.45, 2.75) is 38.9 Å². The molecule has 1 saturated heterocycles. The fourth-order valence-corrected chi connectivity index (χ4v) is 5.28. The van der Waals surface area contributed by atoms with Crippen LogP contribution in [-0.4, -0.2) is 43.0 Å². The summed E-state index contributed by atoms with van der Waals surface area (Å²) < 4.78 is 16.5. The third-order valence-electron chi connectivity index (χ3n) is 5.87. The van der Waals surface area contributed by atoms with Gasteiger partial charge in [0.15, 0.2) is 0 Å². The van der Waals surface area contributed by atoms with E-state index < -0.39 is 0 Å². The summed E-state index contributed by atoms with van der Waals surface area (Å²) in [6.07, 6.45) is 3.59. The molecule has 0 bridgehead atoms. The van der Waals surface area contributed by atoms with Crippen LogP contribution in [0.15, 0.2) is 53.1 Å². The largest absolute Gasteiger partial charge is 0.497 e. The van der Waals surface area contributed by atoms with Crippen LogP contribution < -0.4 is 9.47 Å². The van der Waals surface area contributed by atoms with E-state index in [-0.39, 0.29) is 11.9 Å². The molecule has 170 valence electrons. The lowest BCUT2D eigenvalue weighted by molar-refractivity contribution is -0.133. The Kier molecular flexibility index (Phi) is 7.17. The predicted octanol–water partition coefficient (Wildman–Crippen LogP) is 5.03. The van der Waals surface area contributed by atoms with Crippen molar-refractivity contribution in [3.8, 4) is 11.5 Å². The normalized spacial score (nSPS) is 16.0. The van der Waals surface area contributed by atoms with Gasteiger partial charge < -0.3 is 18.8 Å². The summed E-state index contributed by atoms with van der Waals surface area (Å²) in [6, 6.07) is 14.0. The molecule has 3 aromatic rings. The molecule has 1 atom stereocenters. The summed E-state index contributed by atoms with van der Waals surface area (Å²) >= 11 is 1.77. The van der Waals surface area contributed by atoms with E-state index in [4.69, 9.17) is 13.9 Å². The highest BCUT2D eigenvalue weighted by Gasteiger charge is 2.32. The Balaban J connectivity index is 1.51. The minimum atomic E-state index is 0.0119. The molecule has 0 N–H and O–H groups in total. The van der Waals surface area contributed by atoms with Crippen LogP contribution in [0.2, 0.25) is 0 Å². The summed E-state index contributed by atoms with van der Waals surface area (Å²) in [5, 5.41) is 0. The topological polar surface area (TPSA) is 55.2 Å². The Hall–Kier alpha value is -2.77. The van der Waals surface area contributed by atoms with E-state index in [0.717, 1.165) is 48.8 Å². The van der Waals surface area contributed by atoms with E-state index in [2.05, 4.69) is 24.0 Å². The number of likely N-dealkylation sites (tertiary alicyclic amines) is 1. The summed E-state index contributed by atoms with van der Waals surface area (Å²) in [5.41, 5.74) is 1.03. The molecule has 1 amide bonds. The number of rotatable bonds is 9. The average molecular weight is 455 g/mol. The molecule has 1 fully saturated rings. The number of carbonyl (C=O) groups is 1. The van der Waals surface area contributed by atoms with E-state index in [1.807, 2.05) is 35.2 Å². The van der Waals surface area contributed by atoms with Gasteiger partial charge in [0.25, 0.3) is 0 Å². The van der Waals surface area contributed by atoms with Crippen molar-refractivity contribution in [2.24, 2.45) is 0 Å². The number of amides is 1. The third-order valence-corrected chi connectivity index (χ3v) is 6.85. The number of aryl methyl sites for hydroxylation is 1. The molecule has 1 aliphatic heterocycles. The van der Waals surface area contributed by atoms with Crippen LogP contribution >= 0.6 is 11.3 Å². The van der Waals surface area contributed by atoms with Crippen LogP contribution in [0.1, 0.15) is 40.0 Å². The second kappa shape index (κ2) is 10.2. The van der Waals surface area contributed by atoms with Gasteiger partial charge in [-0.05, 0) is 56.2 Å². The molecule has 1 aliphatic rings. The second-order valence-corrected chi connectivity index (χ2v) is 9.46. The molecule has 0 radical (unpaired) electrons. The van der Waals surface area contributed by atoms with Crippen LogP contribution in [0.3, 0.4) is 0 Å². The Bertz CT molecular complexity index is 1030. The van der Waals surface area contributed by atoms with E-state index in [1.165, 1.54) is 9.75 Å². The summed E-state index contributed by atoms with van der Waals surface area (Å²) in [4.78, 5) is 20.2. The van der Waals surface area contributed by atoms with Crippen molar-refractivity contribution in [1.29, 1.82) is 0 Å². The number of thiophene rings is 1. The number of hydrogen-bond acceptors (Lipinski definition) is 6. The lowest BCUT2D eigenvalue weighted by Gasteiger charge is -2.29. The quantitative estimate of drug-likeness (QED) is 0.454. The zero-order valence-corrected chi connectivity index (χ0v) is 19.7. The van der Waals surface area contributed by atoms with Crippen LogP contribution in [0.25, 0.3) is 0 Å². The van der Waals surface area contributed by atoms with Gasteiger partial charge in [0.2, 0.25) is 5.91 Å². The van der Waals surface area contributed by atoms with Gasteiger partial charge in [0.1, 0.15) is 17.3 Å². The van der Waals surface area contributed by atoms with Crippen LogP contribution in [0, 0.1) is 6.92 Å². The molecule has 1 aromatic carbocycles. The van der Waals surface area contributed by atoms with Gasteiger partial charge in [-0.15, -0.1) is 11.3 Å². The first-order valence-electron chi connectivity index (χ1n) is 10.9. The Morgan fingerprint density at radius 1 is 1.19 bits per heavy atom. The van der Waals surface area contributed by atoms with Crippen molar-refractivity contribution in [2.75, 3.05) is 27.3 Å². The molecule has 3 heterocycles. The maximum absolute atomic E-state index is 13.5. The molecule has 0 spiro atoms. The van der Waals surface area contributed by atoms with Gasteiger partial charge in [-0.25, -0.2) is 0 Å². The third kappa shape index (κ3) is 5.16. The number of hydrogen-bond donors (Lipinski definition) is 0. The van der Waals surface area contributed by atoms with Crippen LogP contribution in [-0.2, 0) is 17.9 Å². The van der Waals surface area contributed by atoms with E-state index in [0.29, 0.717) is 13.1 Å². The molecular weight excluding hydrogens is 424 g/mol. The van der Waals surface area contributed by atoms with Gasteiger partial charge in [-0.2, -0.15) is 0 Å². The smallest absolute Gasteiger partial charge is 0.237 e. The van der Waals surface area contributed by atoms with Gasteiger partial charge >= 0.3 is 0 Å². The first kappa shape index (κ1) is 22.4. The molecular formula is C25H30N2O4S. The van der Waals surface area contributed by atoms with Crippen molar-refractivity contribution >= 4 is 17.2 Å². The summed E-state index contributed by atoms with van der Waals surface area (Å²) in [6.45, 7) is 4.51. The van der Waals surface area contributed by atoms with Crippen molar-refractivity contribution in [3.63, 3.8) is 0 Å². The molecule has 7 heteroatoms. The van der Waals surface area contributed by atoms with Crippen LogP contribution in [0.5, 0.6) is 11.5 Å². The van der Waals surface area contributed by atoms with Gasteiger partial charge in [-0.3, -0.25) is 9.69 Å².